The molecule has 0 radical (unpaired) electrons. The average molecular weight is 221 g/mol. The Labute approximate surface area is 98.8 Å². The Balaban J connectivity index is 2.37. The molecule has 1 unspecified atom stereocenters. The lowest BCUT2D eigenvalue weighted by Crippen LogP contribution is -2.11. The van der Waals surface area contributed by atoms with Gasteiger partial charge in [-0.25, -0.2) is 0 Å². The molecule has 0 aliphatic carbocycles. The second-order valence-electron chi connectivity index (χ2n) is 4.30. The minimum absolute atomic E-state index is 0.668. The van der Waals surface area contributed by atoms with E-state index in [9.17, 15) is 0 Å². The molecule has 1 aromatic rings. The maximum Gasteiger partial charge on any atom is 0.121 e. The van der Waals surface area contributed by atoms with E-state index in [1.165, 1.54) is 25.7 Å². The maximum atomic E-state index is 5.76. The first-order chi connectivity index (χ1) is 7.76. The normalized spacial score (nSPS) is 12.4. The summed E-state index contributed by atoms with van der Waals surface area (Å²) in [5, 5.41) is 0. The highest BCUT2D eigenvalue weighted by molar-refractivity contribution is 5.43. The van der Waals surface area contributed by atoms with Crippen molar-refractivity contribution in [3.05, 3.63) is 24.3 Å². The highest BCUT2D eigenvalue weighted by Gasteiger charge is 2.06. The molecular formula is C14H23NO. The molecule has 0 saturated carbocycles. The second kappa shape index (κ2) is 7.15. The molecule has 2 nitrogen and oxygen atoms in total. The molecule has 16 heavy (non-hydrogen) atoms. The van der Waals surface area contributed by atoms with E-state index in [1.54, 1.807) is 0 Å². The maximum absolute atomic E-state index is 5.76. The van der Waals surface area contributed by atoms with Crippen LogP contribution in [0.2, 0.25) is 0 Å². The van der Waals surface area contributed by atoms with Crippen LogP contribution in [0.25, 0.3) is 0 Å². The van der Waals surface area contributed by atoms with Gasteiger partial charge in [-0.3, -0.25) is 0 Å². The molecule has 0 heterocycles. The van der Waals surface area contributed by atoms with Crippen LogP contribution in [0.1, 0.15) is 39.5 Å². The van der Waals surface area contributed by atoms with Gasteiger partial charge in [-0.15, -0.1) is 0 Å². The van der Waals surface area contributed by atoms with Crippen molar-refractivity contribution in [3.63, 3.8) is 0 Å². The number of anilines is 1. The summed E-state index contributed by atoms with van der Waals surface area (Å²) < 4.78 is 5.76. The van der Waals surface area contributed by atoms with Gasteiger partial charge in [-0.1, -0.05) is 39.2 Å². The Morgan fingerprint density at radius 2 is 2.12 bits per heavy atom. The van der Waals surface area contributed by atoms with Gasteiger partial charge in [-0.05, 0) is 24.5 Å². The quantitative estimate of drug-likeness (QED) is 0.709. The van der Waals surface area contributed by atoms with Gasteiger partial charge >= 0.3 is 0 Å². The molecule has 1 atom stereocenters. The van der Waals surface area contributed by atoms with Gasteiger partial charge in [-0.2, -0.15) is 0 Å². The SMILES string of the molecule is CCCCC(CC)COc1cccc(N)c1. The van der Waals surface area contributed by atoms with Crippen LogP contribution < -0.4 is 10.5 Å². The summed E-state index contributed by atoms with van der Waals surface area (Å²) in [6, 6.07) is 7.65. The number of unbranched alkanes of at least 4 members (excludes halogenated alkanes) is 1. The fourth-order valence-electron chi connectivity index (χ4n) is 1.72. The first-order valence-electron chi connectivity index (χ1n) is 6.24. The molecule has 90 valence electrons. The number of ether oxygens (including phenoxy) is 1. The van der Waals surface area contributed by atoms with E-state index in [-0.39, 0.29) is 0 Å². The second-order valence-corrected chi connectivity index (χ2v) is 4.30. The number of hydrogen-bond acceptors (Lipinski definition) is 2. The predicted octanol–water partition coefficient (Wildman–Crippen LogP) is 3.86. The van der Waals surface area contributed by atoms with Gasteiger partial charge in [0.1, 0.15) is 5.75 Å². The van der Waals surface area contributed by atoms with E-state index >= 15 is 0 Å². The van der Waals surface area contributed by atoms with Gasteiger partial charge in [0.05, 0.1) is 6.61 Å². The Morgan fingerprint density at radius 1 is 1.31 bits per heavy atom. The summed E-state index contributed by atoms with van der Waals surface area (Å²) in [6.45, 7) is 5.26. The van der Waals surface area contributed by atoms with Crippen LogP contribution in [0.3, 0.4) is 0 Å². The molecule has 0 spiro atoms. The van der Waals surface area contributed by atoms with Gasteiger partial charge in [0.25, 0.3) is 0 Å². The van der Waals surface area contributed by atoms with Crippen molar-refractivity contribution in [1.29, 1.82) is 0 Å². The zero-order chi connectivity index (χ0) is 11.8. The molecule has 1 rings (SSSR count). The van der Waals surface area contributed by atoms with E-state index in [0.29, 0.717) is 5.92 Å². The summed E-state index contributed by atoms with van der Waals surface area (Å²) in [4.78, 5) is 0. The number of hydrogen-bond donors (Lipinski definition) is 1. The summed E-state index contributed by atoms with van der Waals surface area (Å²) >= 11 is 0. The Morgan fingerprint density at radius 3 is 2.75 bits per heavy atom. The summed E-state index contributed by atoms with van der Waals surface area (Å²) in [6.07, 6.45) is 4.99. The van der Waals surface area contributed by atoms with E-state index in [4.69, 9.17) is 10.5 Å². The summed E-state index contributed by atoms with van der Waals surface area (Å²) in [5.74, 6) is 1.55. The monoisotopic (exact) mass is 221 g/mol. The van der Waals surface area contributed by atoms with Crippen LogP contribution in [-0.2, 0) is 0 Å². The van der Waals surface area contributed by atoms with Crippen LogP contribution in [-0.4, -0.2) is 6.61 Å². The van der Waals surface area contributed by atoms with Gasteiger partial charge in [0.15, 0.2) is 0 Å². The van der Waals surface area contributed by atoms with Crippen molar-refractivity contribution in [2.24, 2.45) is 5.92 Å². The van der Waals surface area contributed by atoms with Crippen LogP contribution in [0.15, 0.2) is 24.3 Å². The van der Waals surface area contributed by atoms with Gasteiger partial charge in [0.2, 0.25) is 0 Å². The number of rotatable bonds is 7. The first kappa shape index (κ1) is 12.9. The molecular weight excluding hydrogens is 198 g/mol. The molecule has 2 N–H and O–H groups in total. The van der Waals surface area contributed by atoms with Crippen molar-refractivity contribution < 1.29 is 4.74 Å². The van der Waals surface area contributed by atoms with E-state index in [2.05, 4.69) is 13.8 Å². The van der Waals surface area contributed by atoms with Crippen LogP contribution >= 0.6 is 0 Å². The molecule has 0 saturated heterocycles. The number of nitrogen functional groups attached to an aromatic ring is 1. The van der Waals surface area contributed by atoms with Crippen LogP contribution in [0, 0.1) is 5.92 Å². The Kier molecular flexibility index (Phi) is 5.76. The third kappa shape index (κ3) is 4.56. The fourth-order valence-corrected chi connectivity index (χ4v) is 1.72. The zero-order valence-corrected chi connectivity index (χ0v) is 10.4. The predicted molar refractivity (Wildman–Crippen MR) is 69.7 cm³/mol. The topological polar surface area (TPSA) is 35.2 Å². The number of nitrogens with two attached hydrogens (primary N) is 1. The molecule has 0 aliphatic heterocycles. The summed E-state index contributed by atoms with van der Waals surface area (Å²) in [5.41, 5.74) is 6.46. The molecule has 0 aliphatic rings. The molecule has 0 aromatic heterocycles. The van der Waals surface area contributed by atoms with E-state index in [0.717, 1.165) is 18.0 Å². The molecule has 2 heteroatoms. The van der Waals surface area contributed by atoms with Crippen molar-refractivity contribution >= 4 is 5.69 Å². The van der Waals surface area contributed by atoms with Crippen LogP contribution in [0.5, 0.6) is 5.75 Å². The van der Waals surface area contributed by atoms with Crippen molar-refractivity contribution in [1.82, 2.24) is 0 Å². The highest BCUT2D eigenvalue weighted by Crippen LogP contribution is 2.18. The van der Waals surface area contributed by atoms with E-state index < -0.39 is 0 Å². The van der Waals surface area contributed by atoms with Crippen molar-refractivity contribution in [2.45, 2.75) is 39.5 Å². The lowest BCUT2D eigenvalue weighted by Gasteiger charge is -2.15. The third-order valence-corrected chi connectivity index (χ3v) is 2.89. The highest BCUT2D eigenvalue weighted by atomic mass is 16.5. The minimum Gasteiger partial charge on any atom is -0.493 e. The standard InChI is InChI=1S/C14H23NO/c1-3-5-7-12(4-2)11-16-14-9-6-8-13(15)10-14/h6,8-10,12H,3-5,7,11,15H2,1-2H3. The zero-order valence-electron chi connectivity index (χ0n) is 10.4. The van der Waals surface area contributed by atoms with Crippen molar-refractivity contribution in [3.8, 4) is 5.75 Å². The lowest BCUT2D eigenvalue weighted by atomic mass is 10.0. The Bertz CT molecular complexity index is 299. The minimum atomic E-state index is 0.668. The third-order valence-electron chi connectivity index (χ3n) is 2.89. The van der Waals surface area contributed by atoms with E-state index in [1.807, 2.05) is 24.3 Å². The van der Waals surface area contributed by atoms with Gasteiger partial charge in [0, 0.05) is 11.8 Å². The molecule has 0 amide bonds. The van der Waals surface area contributed by atoms with Gasteiger partial charge < -0.3 is 10.5 Å². The molecule has 0 fully saturated rings. The molecule has 0 bridgehead atoms. The summed E-state index contributed by atoms with van der Waals surface area (Å²) in [7, 11) is 0. The fraction of sp³-hybridized carbons (Fsp3) is 0.571. The van der Waals surface area contributed by atoms with Crippen molar-refractivity contribution in [2.75, 3.05) is 12.3 Å². The number of benzene rings is 1. The smallest absolute Gasteiger partial charge is 0.121 e. The first-order valence-corrected chi connectivity index (χ1v) is 6.24. The largest absolute Gasteiger partial charge is 0.493 e. The van der Waals surface area contributed by atoms with Crippen LogP contribution in [0.4, 0.5) is 5.69 Å². The molecule has 1 aromatic carbocycles. The Hall–Kier alpha value is -1.18. The lowest BCUT2D eigenvalue weighted by molar-refractivity contribution is 0.233. The average Bonchev–Trinajstić information content (AvgIpc) is 2.29.